The molecule has 3 heteroatoms. The average Bonchev–Trinajstić information content (AvgIpc) is 2.98. The molecule has 3 unspecified atom stereocenters. The van der Waals surface area contributed by atoms with E-state index in [1.54, 1.807) is 12.7 Å². The summed E-state index contributed by atoms with van der Waals surface area (Å²) in [5, 5.41) is 1.36. The lowest BCUT2D eigenvalue weighted by atomic mass is 9.91. The molecular weight excluding hydrogens is 224 g/mol. The molecule has 2 aliphatic heterocycles. The van der Waals surface area contributed by atoms with Gasteiger partial charge in [0.05, 0.1) is 7.11 Å². The van der Waals surface area contributed by atoms with Gasteiger partial charge in [-0.25, -0.2) is 0 Å². The van der Waals surface area contributed by atoms with Crippen molar-refractivity contribution in [1.29, 1.82) is 0 Å². The predicted molar refractivity (Wildman–Crippen MR) is 72.2 cm³/mol. The van der Waals surface area contributed by atoms with Gasteiger partial charge in [-0.15, -0.1) is 0 Å². The molecule has 4 rings (SSSR count). The van der Waals surface area contributed by atoms with E-state index in [2.05, 4.69) is 28.9 Å². The van der Waals surface area contributed by atoms with E-state index in [4.69, 9.17) is 4.74 Å². The van der Waals surface area contributed by atoms with E-state index in [-0.39, 0.29) is 0 Å². The molecule has 1 saturated heterocycles. The van der Waals surface area contributed by atoms with E-state index in [0.29, 0.717) is 12.0 Å². The van der Waals surface area contributed by atoms with Crippen molar-refractivity contribution >= 4 is 10.9 Å². The van der Waals surface area contributed by atoms with Crippen LogP contribution in [0, 0.1) is 0 Å². The molecule has 0 saturated carbocycles. The first-order chi connectivity index (χ1) is 8.78. The monoisotopic (exact) mass is 242 g/mol. The van der Waals surface area contributed by atoms with Crippen LogP contribution in [0.25, 0.3) is 10.9 Å². The van der Waals surface area contributed by atoms with Crippen molar-refractivity contribution < 1.29 is 4.74 Å². The normalized spacial score (nSPS) is 29.6. The van der Waals surface area contributed by atoms with Crippen LogP contribution in [0.5, 0.6) is 5.75 Å². The fourth-order valence-corrected chi connectivity index (χ4v) is 3.67. The summed E-state index contributed by atoms with van der Waals surface area (Å²) in [6.07, 6.45) is 1.29. The molecule has 1 N–H and O–H groups in total. The number of aromatic amines is 1. The van der Waals surface area contributed by atoms with Gasteiger partial charge in [0.15, 0.2) is 0 Å². The Kier molecular flexibility index (Phi) is 2.04. The zero-order chi connectivity index (χ0) is 12.3. The SMILES string of the molecule is COc1ccc2[nH]c3c(c2c1)C1CCN(C1)C3C. The van der Waals surface area contributed by atoms with Gasteiger partial charge in [-0.3, -0.25) is 4.90 Å². The van der Waals surface area contributed by atoms with Crippen LogP contribution < -0.4 is 4.74 Å². The van der Waals surface area contributed by atoms with Crippen molar-refractivity contribution in [3.8, 4) is 5.75 Å². The number of rotatable bonds is 1. The quantitative estimate of drug-likeness (QED) is 0.832. The van der Waals surface area contributed by atoms with E-state index >= 15 is 0 Å². The maximum Gasteiger partial charge on any atom is 0.119 e. The number of hydrogen-bond acceptors (Lipinski definition) is 2. The molecule has 2 aromatic rings. The van der Waals surface area contributed by atoms with Crippen LogP contribution in [-0.2, 0) is 0 Å². The zero-order valence-electron chi connectivity index (χ0n) is 10.9. The number of hydrogen-bond donors (Lipinski definition) is 1. The summed E-state index contributed by atoms with van der Waals surface area (Å²) in [4.78, 5) is 6.20. The number of methoxy groups -OCH3 is 1. The summed E-state index contributed by atoms with van der Waals surface area (Å²) in [5.74, 6) is 1.66. The molecule has 18 heavy (non-hydrogen) atoms. The molecule has 3 heterocycles. The molecule has 3 atom stereocenters. The molecule has 3 nitrogen and oxygen atoms in total. The summed E-state index contributed by atoms with van der Waals surface area (Å²) in [6.45, 7) is 4.77. The number of fused-ring (bicyclic) bond motifs is 6. The summed E-state index contributed by atoms with van der Waals surface area (Å²) >= 11 is 0. The van der Waals surface area contributed by atoms with Gasteiger partial charge in [0.25, 0.3) is 0 Å². The van der Waals surface area contributed by atoms with Crippen LogP contribution >= 0.6 is 0 Å². The number of nitrogens with zero attached hydrogens (tertiary/aromatic N) is 1. The van der Waals surface area contributed by atoms with Crippen molar-refractivity contribution in [2.24, 2.45) is 0 Å². The molecule has 0 spiro atoms. The number of ether oxygens (including phenoxy) is 1. The van der Waals surface area contributed by atoms with Gasteiger partial charge in [-0.05, 0) is 43.7 Å². The van der Waals surface area contributed by atoms with Crippen LogP contribution in [0.4, 0.5) is 0 Å². The maximum absolute atomic E-state index is 5.36. The minimum atomic E-state index is 0.525. The lowest BCUT2D eigenvalue weighted by Gasteiger charge is -2.29. The lowest BCUT2D eigenvalue weighted by Crippen LogP contribution is -2.28. The topological polar surface area (TPSA) is 28.3 Å². The molecule has 2 aliphatic rings. The molecule has 2 bridgehead atoms. The van der Waals surface area contributed by atoms with Gasteiger partial charge in [0, 0.05) is 35.1 Å². The van der Waals surface area contributed by atoms with Crippen LogP contribution in [0.1, 0.15) is 36.6 Å². The van der Waals surface area contributed by atoms with E-state index in [1.165, 1.54) is 36.1 Å². The first-order valence-corrected chi connectivity index (χ1v) is 6.71. The Bertz CT molecular complexity index is 616. The van der Waals surface area contributed by atoms with Gasteiger partial charge >= 0.3 is 0 Å². The number of benzene rings is 1. The summed E-state index contributed by atoms with van der Waals surface area (Å²) in [7, 11) is 1.74. The second-order valence-corrected chi connectivity index (χ2v) is 5.52. The third kappa shape index (κ3) is 1.23. The molecule has 94 valence electrons. The highest BCUT2D eigenvalue weighted by Gasteiger charge is 2.38. The molecule has 0 aliphatic carbocycles. The van der Waals surface area contributed by atoms with Gasteiger partial charge in [0.2, 0.25) is 0 Å². The minimum Gasteiger partial charge on any atom is -0.497 e. The molecule has 0 amide bonds. The highest BCUT2D eigenvalue weighted by Crippen LogP contribution is 2.45. The Hall–Kier alpha value is -1.48. The lowest BCUT2D eigenvalue weighted by molar-refractivity contribution is 0.244. The molecule has 1 aromatic carbocycles. The second-order valence-electron chi connectivity index (χ2n) is 5.52. The van der Waals surface area contributed by atoms with Gasteiger partial charge in [0.1, 0.15) is 5.75 Å². The average molecular weight is 242 g/mol. The van der Waals surface area contributed by atoms with Crippen molar-refractivity contribution in [1.82, 2.24) is 9.88 Å². The van der Waals surface area contributed by atoms with E-state index in [9.17, 15) is 0 Å². The number of nitrogens with one attached hydrogen (secondary N) is 1. The standard InChI is InChI=1S/C15H18N2O/c1-9-15-14(10-5-6-17(9)8-10)12-7-11(18-2)3-4-13(12)16-15/h3-4,7,9-10,16H,5-6,8H2,1-2H3. The van der Waals surface area contributed by atoms with E-state index in [0.717, 1.165) is 5.75 Å². The minimum absolute atomic E-state index is 0.525. The first-order valence-electron chi connectivity index (χ1n) is 6.71. The summed E-state index contributed by atoms with van der Waals surface area (Å²) in [5.41, 5.74) is 4.22. The largest absolute Gasteiger partial charge is 0.497 e. The molecule has 1 fully saturated rings. The summed E-state index contributed by atoms with van der Waals surface area (Å²) in [6, 6.07) is 6.89. The Morgan fingerprint density at radius 3 is 3.11 bits per heavy atom. The highest BCUT2D eigenvalue weighted by molar-refractivity contribution is 5.87. The van der Waals surface area contributed by atoms with Crippen molar-refractivity contribution in [3.05, 3.63) is 29.5 Å². The maximum atomic E-state index is 5.36. The molecular formula is C15H18N2O. The Labute approximate surface area is 107 Å². The third-order valence-corrected chi connectivity index (χ3v) is 4.67. The highest BCUT2D eigenvalue weighted by atomic mass is 16.5. The third-order valence-electron chi connectivity index (χ3n) is 4.67. The Morgan fingerprint density at radius 2 is 2.28 bits per heavy atom. The second kappa shape index (κ2) is 3.51. The molecule has 1 aromatic heterocycles. The number of H-pyrrole nitrogens is 1. The van der Waals surface area contributed by atoms with Gasteiger partial charge < -0.3 is 9.72 Å². The molecule has 0 radical (unpaired) electrons. The number of aromatic nitrogens is 1. The van der Waals surface area contributed by atoms with E-state index < -0.39 is 0 Å². The van der Waals surface area contributed by atoms with Crippen molar-refractivity contribution in [2.75, 3.05) is 20.2 Å². The van der Waals surface area contributed by atoms with Gasteiger partial charge in [-0.2, -0.15) is 0 Å². The van der Waals surface area contributed by atoms with Crippen LogP contribution in [0.2, 0.25) is 0 Å². The fraction of sp³-hybridized carbons (Fsp3) is 0.467. The van der Waals surface area contributed by atoms with Gasteiger partial charge in [-0.1, -0.05) is 0 Å². The Balaban J connectivity index is 2.00. The van der Waals surface area contributed by atoms with Crippen LogP contribution in [-0.4, -0.2) is 30.1 Å². The van der Waals surface area contributed by atoms with Crippen molar-refractivity contribution in [3.63, 3.8) is 0 Å². The van der Waals surface area contributed by atoms with E-state index in [1.807, 2.05) is 6.07 Å². The van der Waals surface area contributed by atoms with Crippen molar-refractivity contribution in [2.45, 2.75) is 25.3 Å². The van der Waals surface area contributed by atoms with Crippen LogP contribution in [0.3, 0.4) is 0 Å². The first kappa shape index (κ1) is 10.4. The smallest absolute Gasteiger partial charge is 0.119 e. The summed E-state index contributed by atoms with van der Waals surface area (Å²) < 4.78 is 5.36. The van der Waals surface area contributed by atoms with Crippen LogP contribution in [0.15, 0.2) is 18.2 Å². The fourth-order valence-electron chi connectivity index (χ4n) is 3.67. The zero-order valence-corrected chi connectivity index (χ0v) is 10.9. The Morgan fingerprint density at radius 1 is 1.39 bits per heavy atom. The predicted octanol–water partition coefficient (Wildman–Crippen LogP) is 3.04.